The molecule has 2 aromatic carbocycles. The molecule has 0 spiro atoms. The Hall–Kier alpha value is -2.72. The van der Waals surface area contributed by atoms with Crippen LogP contribution in [-0.2, 0) is 6.54 Å². The minimum Gasteiger partial charge on any atom is -0.497 e. The van der Waals surface area contributed by atoms with E-state index in [1.807, 2.05) is 60.8 Å². The molecule has 0 aliphatic heterocycles. The zero-order valence-corrected chi connectivity index (χ0v) is 14.0. The molecule has 0 atom stereocenters. The fraction of sp³-hybridized carbons (Fsp3) is 0.105. The molecule has 1 heterocycles. The zero-order valence-electron chi connectivity index (χ0n) is 13.2. The number of methoxy groups -OCH3 is 1. The Balaban J connectivity index is 1.80. The molecule has 1 aromatic heterocycles. The maximum Gasteiger partial charge on any atom is 0.255 e. The Morgan fingerprint density at radius 3 is 2.38 bits per heavy atom. The molecule has 0 radical (unpaired) electrons. The van der Waals surface area contributed by atoms with Gasteiger partial charge in [-0.3, -0.25) is 9.36 Å². The van der Waals surface area contributed by atoms with Crippen LogP contribution in [0.3, 0.4) is 0 Å². The highest BCUT2D eigenvalue weighted by molar-refractivity contribution is 6.30. The molecule has 3 rings (SSSR count). The molecular weight excluding hydrogens is 324 g/mol. The largest absolute Gasteiger partial charge is 0.497 e. The number of hydrogen-bond acceptors (Lipinski definition) is 3. The number of ether oxygens (including phenoxy) is 1. The predicted octanol–water partition coefficient (Wildman–Crippen LogP) is 4.11. The molecule has 0 bridgehead atoms. The number of pyridine rings is 1. The van der Waals surface area contributed by atoms with Gasteiger partial charge in [-0.2, -0.15) is 0 Å². The number of nitrogens with one attached hydrogen (secondary N) is 1. The average molecular weight is 341 g/mol. The monoisotopic (exact) mass is 340 g/mol. The summed E-state index contributed by atoms with van der Waals surface area (Å²) in [6.07, 6.45) is 1.84. The zero-order chi connectivity index (χ0) is 16.9. The van der Waals surface area contributed by atoms with E-state index < -0.39 is 0 Å². The van der Waals surface area contributed by atoms with E-state index in [-0.39, 0.29) is 5.56 Å². The van der Waals surface area contributed by atoms with Gasteiger partial charge in [-0.1, -0.05) is 17.7 Å². The first-order valence-corrected chi connectivity index (χ1v) is 7.89. The van der Waals surface area contributed by atoms with Gasteiger partial charge in [0.1, 0.15) is 5.75 Å². The number of halogens is 1. The van der Waals surface area contributed by atoms with Gasteiger partial charge in [0.05, 0.1) is 7.11 Å². The number of anilines is 1. The minimum absolute atomic E-state index is 0.0737. The molecule has 0 saturated carbocycles. The molecule has 0 amide bonds. The van der Waals surface area contributed by atoms with Gasteiger partial charge >= 0.3 is 0 Å². The first-order valence-electron chi connectivity index (χ1n) is 7.51. The highest BCUT2D eigenvalue weighted by Crippen LogP contribution is 2.16. The van der Waals surface area contributed by atoms with Gasteiger partial charge in [-0.25, -0.2) is 0 Å². The summed E-state index contributed by atoms with van der Waals surface area (Å²) in [7, 11) is 1.62. The Labute approximate surface area is 145 Å². The van der Waals surface area contributed by atoms with E-state index in [0.717, 1.165) is 22.7 Å². The van der Waals surface area contributed by atoms with Crippen molar-refractivity contribution in [3.05, 3.63) is 87.8 Å². The summed E-state index contributed by atoms with van der Waals surface area (Å²) >= 11 is 5.88. The fourth-order valence-electron chi connectivity index (χ4n) is 2.35. The lowest BCUT2D eigenvalue weighted by Gasteiger charge is -2.11. The smallest absolute Gasteiger partial charge is 0.255 e. The van der Waals surface area contributed by atoms with Crippen LogP contribution in [0.5, 0.6) is 5.75 Å². The van der Waals surface area contributed by atoms with E-state index in [1.54, 1.807) is 17.7 Å². The number of rotatable bonds is 5. The molecule has 5 heteroatoms. The van der Waals surface area contributed by atoms with E-state index in [9.17, 15) is 4.79 Å². The van der Waals surface area contributed by atoms with Crippen LogP contribution in [0.2, 0.25) is 5.02 Å². The van der Waals surface area contributed by atoms with Gasteiger partial charge < -0.3 is 10.1 Å². The van der Waals surface area contributed by atoms with E-state index in [2.05, 4.69) is 5.32 Å². The molecule has 0 unspecified atom stereocenters. The van der Waals surface area contributed by atoms with Gasteiger partial charge in [-0.15, -0.1) is 0 Å². The fourth-order valence-corrected chi connectivity index (χ4v) is 2.48. The van der Waals surface area contributed by atoms with Crippen LogP contribution >= 0.6 is 11.6 Å². The van der Waals surface area contributed by atoms with Crippen LogP contribution in [0.25, 0.3) is 5.69 Å². The molecule has 0 aliphatic rings. The third-order valence-corrected chi connectivity index (χ3v) is 3.92. The second kappa shape index (κ2) is 7.23. The van der Waals surface area contributed by atoms with Crippen LogP contribution < -0.4 is 15.6 Å². The summed E-state index contributed by atoms with van der Waals surface area (Å²) < 4.78 is 6.77. The van der Waals surface area contributed by atoms with E-state index in [4.69, 9.17) is 16.3 Å². The van der Waals surface area contributed by atoms with Crippen molar-refractivity contribution in [2.75, 3.05) is 12.4 Å². The lowest BCUT2D eigenvalue weighted by atomic mass is 10.2. The van der Waals surface area contributed by atoms with Gasteiger partial charge in [0.15, 0.2) is 0 Å². The average Bonchev–Trinajstić information content (AvgIpc) is 2.62. The number of nitrogens with zero attached hydrogens (tertiary/aromatic N) is 1. The molecule has 0 fully saturated rings. The van der Waals surface area contributed by atoms with Crippen molar-refractivity contribution in [1.82, 2.24) is 4.57 Å². The van der Waals surface area contributed by atoms with E-state index in [1.165, 1.54) is 0 Å². The third-order valence-electron chi connectivity index (χ3n) is 3.66. The van der Waals surface area contributed by atoms with Crippen molar-refractivity contribution in [3.8, 4) is 11.4 Å². The SMILES string of the molecule is COc1ccc(-n2cc(CNc3ccc(Cl)cc3)ccc2=O)cc1. The molecule has 3 aromatic rings. The molecule has 24 heavy (non-hydrogen) atoms. The normalized spacial score (nSPS) is 10.4. The van der Waals surface area contributed by atoms with Crippen molar-refractivity contribution in [1.29, 1.82) is 0 Å². The van der Waals surface area contributed by atoms with E-state index in [0.29, 0.717) is 11.6 Å². The number of aromatic nitrogens is 1. The molecule has 0 saturated heterocycles. The highest BCUT2D eigenvalue weighted by atomic mass is 35.5. The van der Waals surface area contributed by atoms with Crippen LogP contribution in [0.15, 0.2) is 71.7 Å². The summed E-state index contributed by atoms with van der Waals surface area (Å²) in [5.74, 6) is 0.757. The number of hydrogen-bond donors (Lipinski definition) is 1. The topological polar surface area (TPSA) is 43.3 Å². The standard InChI is InChI=1S/C19H17ClN2O2/c1-24-18-9-7-17(8-10-18)22-13-14(2-11-19(22)23)12-21-16-5-3-15(20)4-6-16/h2-11,13,21H,12H2,1H3. The van der Waals surface area contributed by atoms with Gasteiger partial charge in [-0.05, 0) is 54.1 Å². The molecule has 122 valence electrons. The van der Waals surface area contributed by atoms with Crippen molar-refractivity contribution in [3.63, 3.8) is 0 Å². The predicted molar refractivity (Wildman–Crippen MR) is 97.4 cm³/mol. The lowest BCUT2D eigenvalue weighted by Crippen LogP contribution is -2.17. The first kappa shape index (κ1) is 16.1. The van der Waals surface area contributed by atoms with Gasteiger partial charge in [0, 0.05) is 35.2 Å². The van der Waals surface area contributed by atoms with Crippen molar-refractivity contribution in [2.24, 2.45) is 0 Å². The molecular formula is C19H17ClN2O2. The maximum atomic E-state index is 12.1. The quantitative estimate of drug-likeness (QED) is 0.760. The Morgan fingerprint density at radius 1 is 1.00 bits per heavy atom. The Morgan fingerprint density at radius 2 is 1.71 bits per heavy atom. The van der Waals surface area contributed by atoms with Crippen LogP contribution in [0, 0.1) is 0 Å². The van der Waals surface area contributed by atoms with Gasteiger partial charge in [0.25, 0.3) is 5.56 Å². The third kappa shape index (κ3) is 3.78. The summed E-state index contributed by atoms with van der Waals surface area (Å²) in [6.45, 7) is 0.609. The maximum absolute atomic E-state index is 12.1. The lowest BCUT2D eigenvalue weighted by molar-refractivity contribution is 0.414. The molecule has 0 aliphatic carbocycles. The van der Waals surface area contributed by atoms with E-state index >= 15 is 0 Å². The minimum atomic E-state index is -0.0737. The summed E-state index contributed by atoms with van der Waals surface area (Å²) in [4.78, 5) is 12.1. The van der Waals surface area contributed by atoms with Crippen molar-refractivity contribution < 1.29 is 4.74 Å². The first-order chi connectivity index (χ1) is 11.7. The highest BCUT2D eigenvalue weighted by Gasteiger charge is 2.03. The summed E-state index contributed by atoms with van der Waals surface area (Å²) in [5, 5.41) is 4.01. The van der Waals surface area contributed by atoms with Crippen LogP contribution in [0.1, 0.15) is 5.56 Å². The summed E-state index contributed by atoms with van der Waals surface area (Å²) in [6, 6.07) is 18.3. The van der Waals surface area contributed by atoms with Crippen molar-refractivity contribution in [2.45, 2.75) is 6.54 Å². The molecule has 4 nitrogen and oxygen atoms in total. The van der Waals surface area contributed by atoms with Crippen LogP contribution in [-0.4, -0.2) is 11.7 Å². The molecule has 1 N–H and O–H groups in total. The number of benzene rings is 2. The second-order valence-corrected chi connectivity index (χ2v) is 5.74. The van der Waals surface area contributed by atoms with Gasteiger partial charge in [0.2, 0.25) is 0 Å². The Bertz CT molecular complexity index is 871. The second-order valence-electron chi connectivity index (χ2n) is 5.30. The van der Waals surface area contributed by atoms with Crippen molar-refractivity contribution >= 4 is 17.3 Å². The Kier molecular flexibility index (Phi) is 4.87. The van der Waals surface area contributed by atoms with Crippen LogP contribution in [0.4, 0.5) is 5.69 Å². The summed E-state index contributed by atoms with van der Waals surface area (Å²) in [5.41, 5.74) is 2.70.